The Kier molecular flexibility index (Phi) is 4.42. The van der Waals surface area contributed by atoms with E-state index in [2.05, 4.69) is 0 Å². The SMILES string of the molecule is CCC(=O)C(C)(C)[C@@H](O)CCO. The number of carbonyl (C=O) groups excluding carboxylic acids is 1. The zero-order chi connectivity index (χ0) is 9.78. The minimum absolute atomic E-state index is 0.0310. The molecule has 0 aliphatic heterocycles. The number of aliphatic hydroxyl groups is 2. The van der Waals surface area contributed by atoms with Crippen molar-refractivity contribution in [2.75, 3.05) is 6.61 Å². The van der Waals surface area contributed by atoms with Crippen LogP contribution >= 0.6 is 0 Å². The van der Waals surface area contributed by atoms with Crippen molar-refractivity contribution in [1.82, 2.24) is 0 Å². The quantitative estimate of drug-likeness (QED) is 0.646. The average Bonchev–Trinajstić information content (AvgIpc) is 2.03. The summed E-state index contributed by atoms with van der Waals surface area (Å²) in [5, 5.41) is 18.1. The molecule has 72 valence electrons. The molecule has 0 aliphatic carbocycles. The molecule has 0 amide bonds. The van der Waals surface area contributed by atoms with Gasteiger partial charge in [0, 0.05) is 18.4 Å². The fraction of sp³-hybridized carbons (Fsp3) is 0.889. The third-order valence-electron chi connectivity index (χ3n) is 2.28. The van der Waals surface area contributed by atoms with E-state index < -0.39 is 11.5 Å². The average molecular weight is 174 g/mol. The van der Waals surface area contributed by atoms with E-state index >= 15 is 0 Å². The van der Waals surface area contributed by atoms with Crippen molar-refractivity contribution < 1.29 is 15.0 Å². The summed E-state index contributed by atoms with van der Waals surface area (Å²) >= 11 is 0. The molecule has 3 nitrogen and oxygen atoms in total. The Bertz CT molecular complexity index is 152. The van der Waals surface area contributed by atoms with Crippen LogP contribution in [0.15, 0.2) is 0 Å². The van der Waals surface area contributed by atoms with E-state index in [0.717, 1.165) is 0 Å². The lowest BCUT2D eigenvalue weighted by atomic mass is 9.80. The van der Waals surface area contributed by atoms with E-state index in [1.165, 1.54) is 0 Å². The Labute approximate surface area is 73.4 Å². The second kappa shape index (κ2) is 4.58. The minimum Gasteiger partial charge on any atom is -0.396 e. The van der Waals surface area contributed by atoms with E-state index in [1.54, 1.807) is 20.8 Å². The lowest BCUT2D eigenvalue weighted by molar-refractivity contribution is -0.133. The molecule has 0 fully saturated rings. The van der Waals surface area contributed by atoms with Crippen LogP contribution in [0.4, 0.5) is 0 Å². The summed E-state index contributed by atoms with van der Waals surface area (Å²) in [6.07, 6.45) is -0.0521. The molecule has 0 unspecified atom stereocenters. The highest BCUT2D eigenvalue weighted by atomic mass is 16.3. The lowest BCUT2D eigenvalue weighted by Crippen LogP contribution is -2.37. The maximum Gasteiger partial charge on any atom is 0.140 e. The normalized spacial score (nSPS) is 14.4. The van der Waals surface area contributed by atoms with Crippen LogP contribution in [0.2, 0.25) is 0 Å². The molecule has 0 bridgehead atoms. The van der Waals surface area contributed by atoms with E-state index in [-0.39, 0.29) is 18.8 Å². The predicted octanol–water partition coefficient (Wildman–Crippen LogP) is 0.735. The van der Waals surface area contributed by atoms with E-state index in [0.29, 0.717) is 6.42 Å². The first kappa shape index (κ1) is 11.6. The summed E-state index contributed by atoms with van der Waals surface area (Å²) in [5.41, 5.74) is -0.725. The highest BCUT2D eigenvalue weighted by Crippen LogP contribution is 2.25. The Morgan fingerprint density at radius 1 is 1.50 bits per heavy atom. The van der Waals surface area contributed by atoms with Crippen LogP contribution in [0.1, 0.15) is 33.6 Å². The number of carbonyl (C=O) groups is 1. The molecular weight excluding hydrogens is 156 g/mol. The fourth-order valence-corrected chi connectivity index (χ4v) is 1.12. The van der Waals surface area contributed by atoms with Gasteiger partial charge >= 0.3 is 0 Å². The smallest absolute Gasteiger partial charge is 0.140 e. The van der Waals surface area contributed by atoms with Gasteiger partial charge in [0.2, 0.25) is 0 Å². The number of aliphatic hydroxyl groups excluding tert-OH is 2. The van der Waals surface area contributed by atoms with Crippen LogP contribution in [-0.2, 0) is 4.79 Å². The minimum atomic E-state index is -0.741. The van der Waals surface area contributed by atoms with E-state index in [9.17, 15) is 9.90 Å². The second-order valence-electron chi connectivity index (χ2n) is 3.53. The summed E-state index contributed by atoms with van der Waals surface area (Å²) in [6.45, 7) is 5.11. The van der Waals surface area contributed by atoms with Crippen LogP contribution in [0.5, 0.6) is 0 Å². The first-order valence-corrected chi connectivity index (χ1v) is 4.29. The molecule has 0 radical (unpaired) electrons. The van der Waals surface area contributed by atoms with Crippen molar-refractivity contribution >= 4 is 5.78 Å². The van der Waals surface area contributed by atoms with Gasteiger partial charge in [0.25, 0.3) is 0 Å². The van der Waals surface area contributed by atoms with Gasteiger partial charge in [-0.15, -0.1) is 0 Å². The Hall–Kier alpha value is -0.410. The van der Waals surface area contributed by atoms with Gasteiger partial charge in [-0.25, -0.2) is 0 Å². The number of ketones is 1. The third-order valence-corrected chi connectivity index (χ3v) is 2.28. The second-order valence-corrected chi connectivity index (χ2v) is 3.53. The number of hydrogen-bond acceptors (Lipinski definition) is 3. The number of rotatable bonds is 5. The zero-order valence-electron chi connectivity index (χ0n) is 8.00. The highest BCUT2D eigenvalue weighted by Gasteiger charge is 2.33. The van der Waals surface area contributed by atoms with Gasteiger partial charge < -0.3 is 10.2 Å². The van der Waals surface area contributed by atoms with Crippen molar-refractivity contribution in [3.05, 3.63) is 0 Å². The van der Waals surface area contributed by atoms with Gasteiger partial charge in [-0.2, -0.15) is 0 Å². The molecule has 3 heteroatoms. The van der Waals surface area contributed by atoms with E-state index in [4.69, 9.17) is 5.11 Å². The maximum atomic E-state index is 11.3. The Morgan fingerprint density at radius 3 is 2.33 bits per heavy atom. The monoisotopic (exact) mass is 174 g/mol. The molecule has 12 heavy (non-hydrogen) atoms. The topological polar surface area (TPSA) is 57.5 Å². The van der Waals surface area contributed by atoms with Gasteiger partial charge in [0.1, 0.15) is 5.78 Å². The van der Waals surface area contributed by atoms with E-state index in [1.807, 2.05) is 0 Å². The summed E-state index contributed by atoms with van der Waals surface area (Å²) in [6, 6.07) is 0. The van der Waals surface area contributed by atoms with Crippen molar-refractivity contribution in [3.8, 4) is 0 Å². The van der Waals surface area contributed by atoms with Crippen molar-refractivity contribution in [2.45, 2.75) is 39.7 Å². The summed E-state index contributed by atoms with van der Waals surface area (Å²) < 4.78 is 0. The molecule has 0 aromatic carbocycles. The van der Waals surface area contributed by atoms with Gasteiger partial charge in [0.05, 0.1) is 6.10 Å². The van der Waals surface area contributed by atoms with Crippen molar-refractivity contribution in [2.24, 2.45) is 5.41 Å². The van der Waals surface area contributed by atoms with Crippen LogP contribution in [-0.4, -0.2) is 28.7 Å². The van der Waals surface area contributed by atoms with Crippen LogP contribution in [0, 0.1) is 5.41 Å². The van der Waals surface area contributed by atoms with Crippen molar-refractivity contribution in [3.63, 3.8) is 0 Å². The molecule has 0 saturated heterocycles. The maximum absolute atomic E-state index is 11.3. The summed E-state index contributed by atoms with van der Waals surface area (Å²) in [7, 11) is 0. The van der Waals surface area contributed by atoms with Gasteiger partial charge in [-0.05, 0) is 6.42 Å². The molecule has 1 atom stereocenters. The fourth-order valence-electron chi connectivity index (χ4n) is 1.12. The first-order valence-electron chi connectivity index (χ1n) is 4.29. The lowest BCUT2D eigenvalue weighted by Gasteiger charge is -2.28. The molecule has 2 N–H and O–H groups in total. The molecule has 0 spiro atoms. The first-order chi connectivity index (χ1) is 5.46. The van der Waals surface area contributed by atoms with Gasteiger partial charge in [-0.1, -0.05) is 20.8 Å². The summed E-state index contributed by atoms with van der Waals surface area (Å²) in [5.74, 6) is 0.0310. The van der Waals surface area contributed by atoms with Crippen LogP contribution < -0.4 is 0 Å². The highest BCUT2D eigenvalue weighted by molar-refractivity contribution is 5.84. The summed E-state index contributed by atoms with van der Waals surface area (Å²) in [4.78, 5) is 11.3. The van der Waals surface area contributed by atoms with Crippen LogP contribution in [0.25, 0.3) is 0 Å². The predicted molar refractivity (Wildman–Crippen MR) is 46.8 cm³/mol. The number of Topliss-reactive ketones (excluding diaryl/α,β-unsaturated/α-hetero) is 1. The number of hydrogen-bond donors (Lipinski definition) is 2. The molecule has 0 aromatic rings. The Balaban J connectivity index is 4.26. The third kappa shape index (κ3) is 2.57. The van der Waals surface area contributed by atoms with Gasteiger partial charge in [0.15, 0.2) is 0 Å². The zero-order valence-corrected chi connectivity index (χ0v) is 8.00. The molecule has 0 rings (SSSR count). The van der Waals surface area contributed by atoms with Crippen LogP contribution in [0.3, 0.4) is 0 Å². The Morgan fingerprint density at radius 2 is 2.00 bits per heavy atom. The van der Waals surface area contributed by atoms with Gasteiger partial charge in [-0.3, -0.25) is 4.79 Å². The molecular formula is C9H18O3. The van der Waals surface area contributed by atoms with Crippen molar-refractivity contribution in [1.29, 1.82) is 0 Å². The molecule has 0 saturated carbocycles. The standard InChI is InChI=1S/C9H18O3/c1-4-7(11)9(2,3)8(12)5-6-10/h8,10,12H,4-6H2,1-3H3/t8-/m0/s1. The molecule has 0 heterocycles. The molecule has 0 aromatic heterocycles. The molecule has 0 aliphatic rings. The largest absolute Gasteiger partial charge is 0.396 e.